The molecule has 0 aromatic rings. The molecule has 0 radical (unpaired) electrons. The third-order valence-corrected chi connectivity index (χ3v) is 59.6. The van der Waals surface area contributed by atoms with E-state index in [1.807, 2.05) is 0 Å². The molecule has 10 fully saturated rings. The summed E-state index contributed by atoms with van der Waals surface area (Å²) >= 11 is 0. The average Bonchev–Trinajstić information content (AvgIpc) is 3.23. The molecule has 0 aromatic heterocycles. The number of fused-ring (bicyclic) bond motifs is 10. The average molecular weight is 286 g/mol. The summed E-state index contributed by atoms with van der Waals surface area (Å²) in [5.41, 5.74) is 0.176. The van der Waals surface area contributed by atoms with E-state index < -0.39 is 12.5 Å². The SMILES string of the molecule is C=C(C)C(=O)O.C[C]12[CH]3[CH]4[CH]5[CH]1[Fe]45321678[CH]2[CH]1[CH]6[CH]7[CH]28. The molecule has 1 spiro atoms. The predicted octanol–water partition coefficient (Wildman–Crippen LogP) is 4.41. The molecule has 2 nitrogen and oxygen atoms in total. The van der Waals surface area contributed by atoms with Gasteiger partial charge >= 0.3 is 67.1 Å². The van der Waals surface area contributed by atoms with Gasteiger partial charge in [0.15, 0.2) is 0 Å². The van der Waals surface area contributed by atoms with Gasteiger partial charge in [-0.3, -0.25) is 0 Å². The van der Waals surface area contributed by atoms with Gasteiger partial charge in [-0.25, -0.2) is 4.79 Å². The summed E-state index contributed by atoms with van der Waals surface area (Å²) in [6.07, 6.45) is 0. The Morgan fingerprint density at radius 3 is 1.39 bits per heavy atom. The van der Waals surface area contributed by atoms with Gasteiger partial charge in [0, 0.05) is 5.57 Å². The molecule has 10 heterocycles. The van der Waals surface area contributed by atoms with Crippen LogP contribution in [-0.4, -0.2) is 11.1 Å². The third-order valence-electron chi connectivity index (χ3n) is 15.8. The fraction of sp³-hybridized carbons (Fsp3) is 0.800. The second-order valence-corrected chi connectivity index (χ2v) is 35.0. The topological polar surface area (TPSA) is 37.3 Å². The third kappa shape index (κ3) is 0.0727. The first-order valence-corrected chi connectivity index (χ1v) is 13.6. The Bertz CT molecular complexity index is 927. The van der Waals surface area contributed by atoms with Crippen LogP contribution in [0.1, 0.15) is 13.8 Å². The Labute approximate surface area is 96.1 Å². The van der Waals surface area contributed by atoms with Gasteiger partial charge in [-0.1, -0.05) is 6.58 Å². The van der Waals surface area contributed by atoms with Gasteiger partial charge in [0.1, 0.15) is 0 Å². The zero-order valence-corrected chi connectivity index (χ0v) is 11.7. The van der Waals surface area contributed by atoms with E-state index in [4.69, 9.17) is 5.11 Å². The van der Waals surface area contributed by atoms with Crippen molar-refractivity contribution in [2.75, 3.05) is 0 Å². The maximum atomic E-state index is 9.60. The first kappa shape index (κ1) is 7.50. The van der Waals surface area contributed by atoms with Crippen LogP contribution in [0.2, 0.25) is 47.7 Å². The first-order chi connectivity index (χ1) is 8.19. The molecule has 98 valence electrons. The summed E-state index contributed by atoms with van der Waals surface area (Å²) in [5, 5.41) is 7.89. The van der Waals surface area contributed by atoms with Gasteiger partial charge in [-0.15, -0.1) is 0 Å². The molecule has 0 aromatic carbocycles. The van der Waals surface area contributed by atoms with Gasteiger partial charge in [0.2, 0.25) is 0 Å². The van der Waals surface area contributed by atoms with E-state index in [0.29, 0.717) is 0 Å². The Kier molecular flexibility index (Phi) is 0.246. The maximum absolute atomic E-state index is 9.60. The number of carboxylic acids is 1. The van der Waals surface area contributed by atoms with Crippen LogP contribution >= 0.6 is 0 Å². The van der Waals surface area contributed by atoms with Crippen LogP contribution in [0, 0.1) is 0 Å². The Hall–Kier alpha value is -0.271. The Morgan fingerprint density at radius 2 is 1.39 bits per heavy atom. The van der Waals surface area contributed by atoms with Crippen LogP contribution in [0.15, 0.2) is 12.2 Å². The molecular formula is C15H18FeO2. The van der Waals surface area contributed by atoms with Gasteiger partial charge < -0.3 is 5.11 Å². The molecule has 0 saturated carbocycles. The van der Waals surface area contributed by atoms with Crippen LogP contribution in [0.5, 0.6) is 0 Å². The number of hydrogen-bond donors (Lipinski definition) is 1. The predicted molar refractivity (Wildman–Crippen MR) is 64.6 cm³/mol. The van der Waals surface area contributed by atoms with Crippen LogP contribution in [0.25, 0.3) is 0 Å². The zero-order valence-electron chi connectivity index (χ0n) is 10.6. The van der Waals surface area contributed by atoms with Crippen molar-refractivity contribution in [2.45, 2.75) is 61.5 Å². The summed E-state index contributed by atoms with van der Waals surface area (Å²) < 4.78 is 1.19. The molecule has 10 aliphatic rings. The van der Waals surface area contributed by atoms with Gasteiger partial charge in [0.25, 0.3) is 0 Å². The molecule has 10 rings (SSSR count). The van der Waals surface area contributed by atoms with Gasteiger partial charge in [0.05, 0.1) is 0 Å². The fourth-order valence-electron chi connectivity index (χ4n) is 17.3. The van der Waals surface area contributed by atoms with E-state index in [-0.39, 0.29) is 5.57 Å². The Balaban J connectivity index is 0.000000102. The molecule has 18 heavy (non-hydrogen) atoms. The molecule has 0 aliphatic carbocycles. The second-order valence-electron chi connectivity index (χ2n) is 11.1. The molecule has 0 bridgehead atoms. The fourth-order valence-corrected chi connectivity index (χ4v) is 92.6. The van der Waals surface area contributed by atoms with Crippen LogP contribution in [-0.2, 0) is 11.3 Å². The van der Waals surface area contributed by atoms with E-state index in [1.54, 1.807) is 33.7 Å². The van der Waals surface area contributed by atoms with E-state index >= 15 is 0 Å². The molecule has 0 amide bonds. The summed E-state index contributed by atoms with van der Waals surface area (Å²) in [6, 6.07) is 0. The van der Waals surface area contributed by atoms with Crippen molar-refractivity contribution < 1.29 is 16.4 Å². The number of aliphatic carboxylic acids is 1. The molecule has 3 heteroatoms. The molecule has 10 aliphatic heterocycles. The quantitative estimate of drug-likeness (QED) is 0.572. The number of carbonyl (C=O) groups is 1. The summed E-state index contributed by atoms with van der Waals surface area (Å²) in [4.78, 5) is 23.6. The summed E-state index contributed by atoms with van der Waals surface area (Å²) in [6.45, 7) is 4.97. The first-order valence-electron chi connectivity index (χ1n) is 7.29. The van der Waals surface area contributed by atoms with E-state index in [1.165, 1.54) is 20.9 Å². The van der Waals surface area contributed by atoms with E-state index in [0.717, 1.165) is 0 Å². The molecule has 4 unspecified atom stereocenters. The number of carboxylic acid groups (broad SMARTS) is 1. The van der Waals surface area contributed by atoms with E-state index in [9.17, 15) is 4.79 Å². The minimum absolute atomic E-state index is 0.176. The normalized spacial score (nSPS) is 112. The molecule has 4 atom stereocenters. The van der Waals surface area contributed by atoms with Crippen molar-refractivity contribution in [1.82, 2.24) is 0 Å². The Morgan fingerprint density at radius 1 is 1.06 bits per heavy atom. The summed E-state index contributed by atoms with van der Waals surface area (Å²) in [7, 11) is 0. The number of hydrogen-bond acceptors (Lipinski definition) is 1. The van der Waals surface area contributed by atoms with Crippen LogP contribution < -0.4 is 0 Å². The number of rotatable bonds is 1. The van der Waals surface area contributed by atoms with Crippen molar-refractivity contribution in [3.63, 3.8) is 0 Å². The van der Waals surface area contributed by atoms with Crippen molar-refractivity contribution in [3.8, 4) is 0 Å². The minimum atomic E-state index is -2.45. The van der Waals surface area contributed by atoms with Crippen molar-refractivity contribution in [1.29, 1.82) is 0 Å². The summed E-state index contributed by atoms with van der Waals surface area (Å²) in [5.74, 6) is -0.935. The molecule has 1 N–H and O–H groups in total. The van der Waals surface area contributed by atoms with Crippen molar-refractivity contribution in [3.05, 3.63) is 12.2 Å². The van der Waals surface area contributed by atoms with Crippen LogP contribution in [0.4, 0.5) is 0 Å². The molecular weight excluding hydrogens is 268 g/mol. The van der Waals surface area contributed by atoms with E-state index in [2.05, 4.69) is 13.5 Å². The van der Waals surface area contributed by atoms with Crippen molar-refractivity contribution in [2.24, 2.45) is 0 Å². The zero-order chi connectivity index (χ0) is 12.2. The second kappa shape index (κ2) is 0.590. The molecule has 10 saturated heterocycles. The monoisotopic (exact) mass is 286 g/mol. The van der Waals surface area contributed by atoms with Gasteiger partial charge in [-0.05, 0) is 6.92 Å². The van der Waals surface area contributed by atoms with Gasteiger partial charge in [-0.2, -0.15) is 0 Å². The van der Waals surface area contributed by atoms with Crippen LogP contribution in [0.3, 0.4) is 0 Å². The standard InChI is InChI=1S/C6H7.C5H5.C4H6O2.Fe/c1-6-4-2-3-5-6;1-2-4-5-3-1;1-3(2)4(5)6;/h2-5H,1H3;1-5H;1H2,2H3,(H,5,6);. The van der Waals surface area contributed by atoms with Crippen molar-refractivity contribution >= 4 is 5.97 Å².